The molecular formula is C18H35NO. The Morgan fingerprint density at radius 3 is 1.50 bits per heavy atom. The van der Waals surface area contributed by atoms with Crippen LogP contribution in [0.15, 0.2) is 25.3 Å². The molecule has 0 unspecified atom stereocenters. The van der Waals surface area contributed by atoms with Crippen molar-refractivity contribution < 1.29 is 4.65 Å². The summed E-state index contributed by atoms with van der Waals surface area (Å²) in [4.78, 5) is 0. The fourth-order valence-corrected chi connectivity index (χ4v) is 2.51. The van der Waals surface area contributed by atoms with E-state index in [1.54, 1.807) is 0 Å². The van der Waals surface area contributed by atoms with Crippen molar-refractivity contribution >= 4 is 0 Å². The van der Waals surface area contributed by atoms with Crippen LogP contribution in [-0.2, 0) is 0 Å². The average Bonchev–Trinajstić information content (AvgIpc) is 2.46. The summed E-state index contributed by atoms with van der Waals surface area (Å²) in [5.41, 5.74) is 0. The molecule has 0 radical (unpaired) electrons. The Morgan fingerprint density at radius 1 is 0.750 bits per heavy atom. The Labute approximate surface area is 126 Å². The van der Waals surface area contributed by atoms with Gasteiger partial charge in [-0.25, -0.2) is 0 Å². The Morgan fingerprint density at radius 2 is 1.15 bits per heavy atom. The molecule has 0 spiro atoms. The van der Waals surface area contributed by atoms with E-state index in [1.807, 2.05) is 19.1 Å². The molecule has 0 aromatic heterocycles. The van der Waals surface area contributed by atoms with Crippen molar-refractivity contribution in [3.8, 4) is 0 Å². The molecule has 0 aliphatic rings. The van der Waals surface area contributed by atoms with Crippen LogP contribution in [0.5, 0.6) is 0 Å². The zero-order valence-corrected chi connectivity index (χ0v) is 13.6. The molecule has 2 nitrogen and oxygen atoms in total. The highest BCUT2D eigenvalue weighted by Gasteiger charge is 2.13. The summed E-state index contributed by atoms with van der Waals surface area (Å²) < 4.78 is 0.0168. The molecular weight excluding hydrogens is 246 g/mol. The maximum Gasteiger partial charge on any atom is 0.0783 e. The van der Waals surface area contributed by atoms with Gasteiger partial charge in [0.2, 0.25) is 0 Å². The number of hydroxylamine groups is 3. The lowest BCUT2D eigenvalue weighted by atomic mass is 10.1. The zero-order valence-electron chi connectivity index (χ0n) is 13.6. The lowest BCUT2D eigenvalue weighted by Gasteiger charge is -2.42. The summed E-state index contributed by atoms with van der Waals surface area (Å²) in [6, 6.07) is 0. The van der Waals surface area contributed by atoms with Gasteiger partial charge in [-0.05, 0) is 58.3 Å². The van der Waals surface area contributed by atoms with Gasteiger partial charge in [0, 0.05) is 0 Å². The maximum atomic E-state index is 12.6. The van der Waals surface area contributed by atoms with Gasteiger partial charge in [-0.1, -0.05) is 25.0 Å². The molecule has 0 aromatic rings. The summed E-state index contributed by atoms with van der Waals surface area (Å²) in [6.07, 6.45) is 15.6. The molecule has 0 N–H and O–H groups in total. The van der Waals surface area contributed by atoms with E-state index in [2.05, 4.69) is 13.2 Å². The summed E-state index contributed by atoms with van der Waals surface area (Å²) >= 11 is 0. The zero-order chi connectivity index (χ0) is 15.1. The van der Waals surface area contributed by atoms with Crippen LogP contribution >= 0.6 is 0 Å². The molecule has 0 heterocycles. The monoisotopic (exact) mass is 281 g/mol. The number of rotatable bonds is 15. The smallest absolute Gasteiger partial charge is 0.0783 e. The van der Waals surface area contributed by atoms with E-state index in [1.165, 1.54) is 38.5 Å². The second-order valence-corrected chi connectivity index (χ2v) is 5.80. The molecule has 0 atom stereocenters. The standard InChI is InChI=1S/C18H35NO/c1-4-7-9-11-13-15-17-19(20,6-3)18-16-14-12-10-8-5-2/h4-5H,1-2,6-18H2,3H3. The number of hydrogen-bond acceptors (Lipinski definition) is 1. The lowest BCUT2D eigenvalue weighted by Crippen LogP contribution is -2.43. The van der Waals surface area contributed by atoms with Crippen LogP contribution in [0.2, 0.25) is 0 Å². The number of unbranched alkanes of at least 4 members (excludes halogenated alkanes) is 8. The third-order valence-electron chi connectivity index (χ3n) is 4.02. The van der Waals surface area contributed by atoms with E-state index in [9.17, 15) is 5.21 Å². The van der Waals surface area contributed by atoms with Crippen LogP contribution in [0.25, 0.3) is 0 Å². The molecule has 0 saturated heterocycles. The first kappa shape index (κ1) is 19.4. The fourth-order valence-electron chi connectivity index (χ4n) is 2.51. The van der Waals surface area contributed by atoms with Gasteiger partial charge >= 0.3 is 0 Å². The highest BCUT2D eigenvalue weighted by molar-refractivity contribution is 4.66. The maximum absolute atomic E-state index is 12.6. The van der Waals surface area contributed by atoms with Crippen LogP contribution in [0.3, 0.4) is 0 Å². The van der Waals surface area contributed by atoms with E-state index in [4.69, 9.17) is 0 Å². The lowest BCUT2D eigenvalue weighted by molar-refractivity contribution is -0.879. The van der Waals surface area contributed by atoms with Crippen molar-refractivity contribution in [2.45, 2.75) is 71.1 Å². The van der Waals surface area contributed by atoms with Crippen LogP contribution in [0.1, 0.15) is 71.1 Å². The van der Waals surface area contributed by atoms with E-state index >= 15 is 0 Å². The molecule has 0 aliphatic heterocycles. The Balaban J connectivity index is 3.61. The molecule has 0 aliphatic carbocycles. The molecule has 0 fully saturated rings. The molecule has 118 valence electrons. The molecule has 0 aromatic carbocycles. The minimum absolute atomic E-state index is 0.0168. The third kappa shape index (κ3) is 11.2. The van der Waals surface area contributed by atoms with Crippen LogP contribution < -0.4 is 0 Å². The molecule has 0 amide bonds. The van der Waals surface area contributed by atoms with Crippen LogP contribution in [0.4, 0.5) is 0 Å². The first-order valence-corrected chi connectivity index (χ1v) is 8.47. The normalized spacial score (nSPS) is 11.5. The Bertz CT molecular complexity index is 218. The summed E-state index contributed by atoms with van der Waals surface area (Å²) in [5, 5.41) is 12.6. The number of hydrogen-bond donors (Lipinski definition) is 0. The van der Waals surface area contributed by atoms with Crippen molar-refractivity contribution in [3.63, 3.8) is 0 Å². The minimum atomic E-state index is 0.0168. The molecule has 0 bridgehead atoms. The average molecular weight is 281 g/mol. The number of quaternary nitrogens is 1. The molecule has 0 rings (SSSR count). The van der Waals surface area contributed by atoms with Crippen LogP contribution in [-0.4, -0.2) is 24.3 Å². The van der Waals surface area contributed by atoms with E-state index in [-0.39, 0.29) is 4.65 Å². The Hall–Kier alpha value is -0.600. The van der Waals surface area contributed by atoms with Gasteiger partial charge in [0.1, 0.15) is 0 Å². The highest BCUT2D eigenvalue weighted by atomic mass is 16.5. The quantitative estimate of drug-likeness (QED) is 0.166. The number of allylic oxidation sites excluding steroid dienone is 2. The summed E-state index contributed by atoms with van der Waals surface area (Å²) in [6.45, 7) is 11.8. The van der Waals surface area contributed by atoms with E-state index < -0.39 is 0 Å². The predicted molar refractivity (Wildman–Crippen MR) is 90.5 cm³/mol. The fraction of sp³-hybridized carbons (Fsp3) is 0.778. The van der Waals surface area contributed by atoms with Gasteiger partial charge < -0.3 is 9.85 Å². The first-order chi connectivity index (χ1) is 9.68. The summed E-state index contributed by atoms with van der Waals surface area (Å²) in [5.74, 6) is 0. The minimum Gasteiger partial charge on any atom is -0.633 e. The SMILES string of the molecule is C=CCCCCCC[N+]([O-])(CC)CCCCCCC=C. The van der Waals surface area contributed by atoms with Crippen molar-refractivity contribution in [2.24, 2.45) is 0 Å². The van der Waals surface area contributed by atoms with Crippen molar-refractivity contribution in [1.82, 2.24) is 0 Å². The topological polar surface area (TPSA) is 23.1 Å². The largest absolute Gasteiger partial charge is 0.633 e. The van der Waals surface area contributed by atoms with Gasteiger partial charge in [0.05, 0.1) is 19.6 Å². The number of nitrogens with zero attached hydrogens (tertiary/aromatic N) is 1. The van der Waals surface area contributed by atoms with Gasteiger partial charge in [-0.3, -0.25) is 0 Å². The van der Waals surface area contributed by atoms with Gasteiger partial charge in [-0.2, -0.15) is 0 Å². The van der Waals surface area contributed by atoms with Crippen LogP contribution in [0, 0.1) is 5.21 Å². The second-order valence-electron chi connectivity index (χ2n) is 5.80. The Kier molecular flexibility index (Phi) is 13.0. The highest BCUT2D eigenvalue weighted by Crippen LogP contribution is 2.13. The summed E-state index contributed by atoms with van der Waals surface area (Å²) in [7, 11) is 0. The molecule has 2 heteroatoms. The third-order valence-corrected chi connectivity index (χ3v) is 4.02. The van der Waals surface area contributed by atoms with Crippen molar-refractivity contribution in [1.29, 1.82) is 0 Å². The first-order valence-electron chi connectivity index (χ1n) is 8.47. The van der Waals surface area contributed by atoms with Crippen molar-refractivity contribution in [2.75, 3.05) is 19.6 Å². The van der Waals surface area contributed by atoms with Gasteiger partial charge in [0.15, 0.2) is 0 Å². The van der Waals surface area contributed by atoms with Crippen molar-refractivity contribution in [3.05, 3.63) is 30.5 Å². The van der Waals surface area contributed by atoms with E-state index in [0.717, 1.165) is 45.3 Å². The van der Waals surface area contributed by atoms with Gasteiger partial charge in [0.25, 0.3) is 0 Å². The second kappa shape index (κ2) is 13.4. The van der Waals surface area contributed by atoms with E-state index in [0.29, 0.717) is 0 Å². The molecule has 20 heavy (non-hydrogen) atoms. The van der Waals surface area contributed by atoms with Gasteiger partial charge in [-0.15, -0.1) is 13.2 Å². The predicted octanol–water partition coefficient (Wildman–Crippen LogP) is 5.59. The molecule has 0 saturated carbocycles.